The van der Waals surface area contributed by atoms with Gasteiger partial charge in [0, 0.05) is 14.5 Å². The lowest BCUT2D eigenvalue weighted by atomic mass is 10.1. The molecule has 1 heterocycles. The number of halogens is 1. The topological polar surface area (TPSA) is 56.3 Å². The lowest BCUT2D eigenvalue weighted by Crippen LogP contribution is -2.15. The van der Waals surface area contributed by atoms with Crippen molar-refractivity contribution in [1.29, 1.82) is 0 Å². The molecule has 0 aliphatic carbocycles. The fraction of sp³-hybridized carbons (Fsp3) is 0.0556. The average molecular weight is 417 g/mol. The van der Waals surface area contributed by atoms with E-state index in [9.17, 15) is 9.59 Å². The highest BCUT2D eigenvalue weighted by Crippen LogP contribution is 2.13. The molecule has 114 valence electrons. The summed E-state index contributed by atoms with van der Waals surface area (Å²) in [7, 11) is 0. The Morgan fingerprint density at radius 1 is 1.00 bits per heavy atom. The van der Waals surface area contributed by atoms with Gasteiger partial charge < -0.3 is 4.74 Å². The molecule has 3 aromatic rings. The molecule has 3 rings (SSSR count). The Kier molecular flexibility index (Phi) is 4.66. The lowest BCUT2D eigenvalue weighted by molar-refractivity contribution is 0.0469. The fourth-order valence-corrected chi connectivity index (χ4v) is 2.67. The SMILES string of the molecule is O=C(COC(=O)c1ccc2ccccc2n1)c1cccc(I)c1. The molecule has 23 heavy (non-hydrogen) atoms. The molecular weight excluding hydrogens is 405 g/mol. The second kappa shape index (κ2) is 6.87. The molecule has 0 saturated carbocycles. The number of benzene rings is 2. The summed E-state index contributed by atoms with van der Waals surface area (Å²) in [5.74, 6) is -0.840. The Balaban J connectivity index is 1.69. The molecule has 0 atom stereocenters. The van der Waals surface area contributed by atoms with Gasteiger partial charge in [-0.05, 0) is 46.9 Å². The Hall–Kier alpha value is -2.28. The maximum Gasteiger partial charge on any atom is 0.357 e. The summed E-state index contributed by atoms with van der Waals surface area (Å²) in [6.45, 7) is -0.298. The summed E-state index contributed by atoms with van der Waals surface area (Å²) in [6, 6.07) is 18.0. The van der Waals surface area contributed by atoms with Gasteiger partial charge in [0.05, 0.1) is 5.52 Å². The monoisotopic (exact) mass is 417 g/mol. The van der Waals surface area contributed by atoms with Gasteiger partial charge in [-0.2, -0.15) is 0 Å². The molecule has 0 radical (unpaired) electrons. The molecule has 0 unspecified atom stereocenters. The van der Waals surface area contributed by atoms with Crippen molar-refractivity contribution in [3.8, 4) is 0 Å². The largest absolute Gasteiger partial charge is 0.453 e. The second-order valence-corrected chi connectivity index (χ2v) is 6.14. The first-order valence-corrected chi connectivity index (χ1v) is 8.03. The zero-order valence-electron chi connectivity index (χ0n) is 12.0. The number of rotatable bonds is 4. The number of para-hydroxylation sites is 1. The number of esters is 1. The zero-order valence-corrected chi connectivity index (χ0v) is 14.2. The van der Waals surface area contributed by atoms with E-state index in [-0.39, 0.29) is 18.1 Å². The van der Waals surface area contributed by atoms with Gasteiger partial charge in [0.25, 0.3) is 0 Å². The molecule has 1 aromatic heterocycles. The highest BCUT2D eigenvalue weighted by atomic mass is 127. The normalized spacial score (nSPS) is 10.5. The Labute approximate surface area is 146 Å². The minimum absolute atomic E-state index is 0.194. The molecule has 0 aliphatic heterocycles. The van der Waals surface area contributed by atoms with E-state index in [1.54, 1.807) is 30.3 Å². The highest BCUT2D eigenvalue weighted by molar-refractivity contribution is 14.1. The van der Waals surface area contributed by atoms with Crippen LogP contribution in [-0.2, 0) is 4.74 Å². The molecule has 4 nitrogen and oxygen atoms in total. The summed E-state index contributed by atoms with van der Waals surface area (Å²) in [5, 5.41) is 0.944. The standard InChI is InChI=1S/C18H12INO3/c19-14-6-3-5-13(10-14)17(21)11-23-18(22)16-9-8-12-4-1-2-7-15(12)20-16/h1-10H,11H2. The first kappa shape index (κ1) is 15.6. The summed E-state index contributed by atoms with van der Waals surface area (Å²) in [5.41, 5.74) is 1.43. The van der Waals surface area contributed by atoms with Crippen LogP contribution in [0.25, 0.3) is 10.9 Å². The van der Waals surface area contributed by atoms with E-state index >= 15 is 0 Å². The molecule has 2 aromatic carbocycles. The summed E-state index contributed by atoms with van der Waals surface area (Å²) >= 11 is 2.13. The van der Waals surface area contributed by atoms with Crippen molar-refractivity contribution in [3.05, 3.63) is 75.5 Å². The number of nitrogens with zero attached hydrogens (tertiary/aromatic N) is 1. The molecule has 0 aliphatic rings. The van der Waals surface area contributed by atoms with E-state index in [4.69, 9.17) is 4.74 Å². The van der Waals surface area contributed by atoms with Gasteiger partial charge in [-0.3, -0.25) is 4.79 Å². The Morgan fingerprint density at radius 3 is 2.65 bits per heavy atom. The Bertz CT molecular complexity index is 892. The number of hydrogen-bond donors (Lipinski definition) is 0. The molecule has 0 fully saturated rings. The van der Waals surface area contributed by atoms with Crippen molar-refractivity contribution >= 4 is 45.2 Å². The quantitative estimate of drug-likeness (QED) is 0.368. The van der Waals surface area contributed by atoms with Crippen LogP contribution in [0.5, 0.6) is 0 Å². The van der Waals surface area contributed by atoms with Crippen LogP contribution in [0.3, 0.4) is 0 Å². The molecule has 0 saturated heterocycles. The summed E-state index contributed by atoms with van der Waals surface area (Å²) < 4.78 is 6.03. The van der Waals surface area contributed by atoms with Gasteiger partial charge in [0.15, 0.2) is 12.4 Å². The highest BCUT2D eigenvalue weighted by Gasteiger charge is 2.13. The van der Waals surface area contributed by atoms with Gasteiger partial charge in [-0.15, -0.1) is 0 Å². The summed E-state index contributed by atoms with van der Waals surface area (Å²) in [6.07, 6.45) is 0. The predicted molar refractivity (Wildman–Crippen MR) is 95.5 cm³/mol. The van der Waals surface area contributed by atoms with Crippen molar-refractivity contribution in [2.75, 3.05) is 6.61 Å². The zero-order chi connectivity index (χ0) is 16.2. The Morgan fingerprint density at radius 2 is 1.83 bits per heavy atom. The smallest absolute Gasteiger partial charge is 0.357 e. The van der Waals surface area contributed by atoms with Crippen LogP contribution in [0.4, 0.5) is 0 Å². The minimum Gasteiger partial charge on any atom is -0.453 e. The van der Waals surface area contributed by atoms with E-state index in [1.807, 2.05) is 30.3 Å². The van der Waals surface area contributed by atoms with Gasteiger partial charge >= 0.3 is 5.97 Å². The molecular formula is C18H12INO3. The van der Waals surface area contributed by atoms with Gasteiger partial charge in [-0.1, -0.05) is 36.4 Å². The van der Waals surface area contributed by atoms with Crippen molar-refractivity contribution in [3.63, 3.8) is 0 Å². The van der Waals surface area contributed by atoms with E-state index in [2.05, 4.69) is 27.6 Å². The number of pyridine rings is 1. The van der Waals surface area contributed by atoms with E-state index in [0.29, 0.717) is 11.1 Å². The van der Waals surface area contributed by atoms with Crippen LogP contribution in [0, 0.1) is 3.57 Å². The molecule has 0 bridgehead atoms. The number of ether oxygens (including phenoxy) is 1. The van der Waals surface area contributed by atoms with Crippen LogP contribution in [0.2, 0.25) is 0 Å². The number of Topliss-reactive ketones (excluding diaryl/α,β-unsaturated/α-hetero) is 1. The molecule has 0 spiro atoms. The number of ketones is 1. The van der Waals surface area contributed by atoms with Crippen LogP contribution in [0.15, 0.2) is 60.7 Å². The van der Waals surface area contributed by atoms with Crippen molar-refractivity contribution < 1.29 is 14.3 Å². The van der Waals surface area contributed by atoms with Crippen LogP contribution >= 0.6 is 22.6 Å². The van der Waals surface area contributed by atoms with Crippen LogP contribution in [0.1, 0.15) is 20.8 Å². The minimum atomic E-state index is -0.602. The molecule has 0 amide bonds. The maximum atomic E-state index is 12.1. The van der Waals surface area contributed by atoms with Crippen molar-refractivity contribution in [1.82, 2.24) is 4.98 Å². The fourth-order valence-electron chi connectivity index (χ4n) is 2.13. The third kappa shape index (κ3) is 3.73. The first-order valence-electron chi connectivity index (χ1n) is 6.95. The predicted octanol–water partition coefficient (Wildman–Crippen LogP) is 3.88. The van der Waals surface area contributed by atoms with E-state index < -0.39 is 5.97 Å². The van der Waals surface area contributed by atoms with Crippen LogP contribution < -0.4 is 0 Å². The van der Waals surface area contributed by atoms with Crippen molar-refractivity contribution in [2.45, 2.75) is 0 Å². The number of fused-ring (bicyclic) bond motifs is 1. The molecule has 0 N–H and O–H groups in total. The lowest BCUT2D eigenvalue weighted by Gasteiger charge is -2.05. The number of carbonyl (C=O) groups is 2. The third-order valence-corrected chi connectivity index (χ3v) is 3.96. The summed E-state index contributed by atoms with van der Waals surface area (Å²) in [4.78, 5) is 28.3. The van der Waals surface area contributed by atoms with Crippen molar-refractivity contribution in [2.24, 2.45) is 0 Å². The average Bonchev–Trinajstić information content (AvgIpc) is 2.59. The third-order valence-electron chi connectivity index (χ3n) is 3.29. The number of carbonyl (C=O) groups excluding carboxylic acids is 2. The maximum absolute atomic E-state index is 12.1. The first-order chi connectivity index (χ1) is 11.1. The number of aromatic nitrogens is 1. The van der Waals surface area contributed by atoms with Gasteiger partial charge in [-0.25, -0.2) is 9.78 Å². The van der Waals surface area contributed by atoms with Gasteiger partial charge in [0.2, 0.25) is 0 Å². The second-order valence-electron chi connectivity index (χ2n) is 4.90. The van der Waals surface area contributed by atoms with E-state index in [1.165, 1.54) is 0 Å². The molecule has 5 heteroatoms. The van der Waals surface area contributed by atoms with Gasteiger partial charge in [0.1, 0.15) is 5.69 Å². The van der Waals surface area contributed by atoms with E-state index in [0.717, 1.165) is 8.96 Å². The van der Waals surface area contributed by atoms with Crippen LogP contribution in [-0.4, -0.2) is 23.3 Å². The number of hydrogen-bond acceptors (Lipinski definition) is 4.